The van der Waals surface area contributed by atoms with Crippen molar-refractivity contribution in [2.45, 2.75) is 12.8 Å². The predicted octanol–water partition coefficient (Wildman–Crippen LogP) is 5.52. The number of fused-ring (bicyclic) bond motifs is 2. The number of halogens is 1. The number of para-hydroxylation sites is 1. The number of hydrogen-bond donors (Lipinski definition) is 0. The molecular weight excluding hydrogens is 410 g/mol. The van der Waals surface area contributed by atoms with Crippen LogP contribution in [0.4, 0.5) is 5.69 Å². The van der Waals surface area contributed by atoms with Crippen LogP contribution in [0.25, 0.3) is 5.57 Å². The normalized spacial score (nSPS) is 14.7. The Bertz CT molecular complexity index is 1160. The maximum absolute atomic E-state index is 12.9. The van der Waals surface area contributed by atoms with E-state index in [1.807, 2.05) is 48.5 Å². The van der Waals surface area contributed by atoms with Crippen LogP contribution < -0.4 is 14.4 Å². The van der Waals surface area contributed by atoms with Crippen molar-refractivity contribution in [3.05, 3.63) is 94.5 Å². The standard InChI is InChI=1S/C26H22ClNO3/c27-22-15-21-20(18-7-2-1-3-8-18)12-14-30-24(21)16-25(22)31-17-26(29)28-13-6-10-19-9-4-5-11-23(19)28/h1-5,7-9,11-12,15-16H,6,10,13-14,17H2. The summed E-state index contributed by atoms with van der Waals surface area (Å²) < 4.78 is 11.7. The van der Waals surface area contributed by atoms with Crippen molar-refractivity contribution in [2.75, 3.05) is 24.7 Å². The Morgan fingerprint density at radius 3 is 2.74 bits per heavy atom. The summed E-state index contributed by atoms with van der Waals surface area (Å²) in [6.45, 7) is 1.10. The molecule has 0 fully saturated rings. The minimum atomic E-state index is -0.0771. The van der Waals surface area contributed by atoms with Crippen LogP contribution in [0, 0.1) is 0 Å². The van der Waals surface area contributed by atoms with Gasteiger partial charge >= 0.3 is 0 Å². The third-order valence-corrected chi connectivity index (χ3v) is 5.99. The molecule has 2 aliphatic rings. The molecule has 5 heteroatoms. The summed E-state index contributed by atoms with van der Waals surface area (Å²) >= 11 is 6.53. The molecule has 0 bridgehead atoms. The molecule has 0 spiro atoms. The van der Waals surface area contributed by atoms with Crippen molar-refractivity contribution in [3.63, 3.8) is 0 Å². The molecule has 0 N–H and O–H groups in total. The highest BCUT2D eigenvalue weighted by atomic mass is 35.5. The molecule has 3 aromatic rings. The minimum absolute atomic E-state index is 0.0752. The van der Waals surface area contributed by atoms with Gasteiger partial charge in [0.25, 0.3) is 5.91 Å². The number of benzene rings is 3. The van der Waals surface area contributed by atoms with Gasteiger partial charge in [-0.2, -0.15) is 0 Å². The second-order valence-electron chi connectivity index (χ2n) is 7.64. The van der Waals surface area contributed by atoms with Gasteiger partial charge in [0.15, 0.2) is 6.61 Å². The first-order valence-corrected chi connectivity index (χ1v) is 10.8. The van der Waals surface area contributed by atoms with E-state index in [1.54, 1.807) is 11.0 Å². The molecule has 0 unspecified atom stereocenters. The number of carbonyl (C=O) groups excluding carboxylic acids is 1. The van der Waals surface area contributed by atoms with Gasteiger partial charge in [-0.3, -0.25) is 4.79 Å². The lowest BCUT2D eigenvalue weighted by molar-refractivity contribution is -0.120. The zero-order valence-corrected chi connectivity index (χ0v) is 17.8. The summed E-state index contributed by atoms with van der Waals surface area (Å²) in [5, 5.41) is 0.456. The number of carbonyl (C=O) groups is 1. The number of hydrogen-bond acceptors (Lipinski definition) is 3. The lowest BCUT2D eigenvalue weighted by Gasteiger charge is -2.29. The van der Waals surface area contributed by atoms with Gasteiger partial charge in [0.1, 0.15) is 18.1 Å². The molecule has 5 rings (SSSR count). The zero-order chi connectivity index (χ0) is 21.2. The highest BCUT2D eigenvalue weighted by Crippen LogP contribution is 2.40. The van der Waals surface area contributed by atoms with Crippen molar-refractivity contribution in [1.29, 1.82) is 0 Å². The van der Waals surface area contributed by atoms with Crippen LogP contribution in [0.3, 0.4) is 0 Å². The fourth-order valence-electron chi connectivity index (χ4n) is 4.20. The molecule has 0 saturated carbocycles. The van der Waals surface area contributed by atoms with Gasteiger partial charge in [-0.25, -0.2) is 0 Å². The number of aryl methyl sites for hydroxylation is 1. The van der Waals surface area contributed by atoms with Crippen LogP contribution in [-0.4, -0.2) is 25.7 Å². The second-order valence-corrected chi connectivity index (χ2v) is 8.05. The van der Waals surface area contributed by atoms with Gasteiger partial charge in [-0.05, 0) is 47.8 Å². The number of anilines is 1. The fourth-order valence-corrected chi connectivity index (χ4v) is 4.42. The van der Waals surface area contributed by atoms with Crippen LogP contribution in [-0.2, 0) is 11.2 Å². The van der Waals surface area contributed by atoms with Crippen LogP contribution in [0.5, 0.6) is 11.5 Å². The first-order chi connectivity index (χ1) is 15.2. The van der Waals surface area contributed by atoms with E-state index >= 15 is 0 Å². The molecule has 156 valence electrons. The Morgan fingerprint density at radius 2 is 1.87 bits per heavy atom. The number of amides is 1. The molecule has 2 heterocycles. The molecule has 0 radical (unpaired) electrons. The molecular formula is C26H22ClNO3. The largest absolute Gasteiger partial charge is 0.489 e. The SMILES string of the molecule is O=C(COc1cc2c(cc1Cl)C(c1ccccc1)=CCO2)N1CCCc2ccccc21. The topological polar surface area (TPSA) is 38.8 Å². The minimum Gasteiger partial charge on any atom is -0.489 e. The van der Waals surface area contributed by atoms with Crippen LogP contribution >= 0.6 is 11.6 Å². The number of rotatable bonds is 4. The molecule has 2 aliphatic heterocycles. The Kier molecular flexibility index (Phi) is 5.39. The maximum Gasteiger partial charge on any atom is 0.264 e. The van der Waals surface area contributed by atoms with Gasteiger partial charge in [0, 0.05) is 23.9 Å². The average molecular weight is 432 g/mol. The van der Waals surface area contributed by atoms with Crippen LogP contribution in [0.1, 0.15) is 23.1 Å². The highest BCUT2D eigenvalue weighted by molar-refractivity contribution is 6.32. The first-order valence-electron chi connectivity index (χ1n) is 10.4. The Hall–Kier alpha value is -3.24. The van der Waals surface area contributed by atoms with E-state index < -0.39 is 0 Å². The highest BCUT2D eigenvalue weighted by Gasteiger charge is 2.24. The van der Waals surface area contributed by atoms with Gasteiger partial charge in [0.05, 0.1) is 5.02 Å². The number of nitrogens with zero attached hydrogens (tertiary/aromatic N) is 1. The van der Waals surface area contributed by atoms with E-state index in [1.165, 1.54) is 5.56 Å². The Balaban J connectivity index is 1.35. The smallest absolute Gasteiger partial charge is 0.264 e. The van der Waals surface area contributed by atoms with Crippen molar-refractivity contribution < 1.29 is 14.3 Å². The van der Waals surface area contributed by atoms with E-state index in [0.717, 1.165) is 35.2 Å². The van der Waals surface area contributed by atoms with E-state index in [0.29, 0.717) is 29.7 Å². The van der Waals surface area contributed by atoms with Crippen molar-refractivity contribution in [2.24, 2.45) is 0 Å². The lowest BCUT2D eigenvalue weighted by atomic mass is 9.95. The summed E-state index contributed by atoms with van der Waals surface area (Å²) in [6.07, 6.45) is 3.99. The molecule has 4 nitrogen and oxygen atoms in total. The van der Waals surface area contributed by atoms with Crippen LogP contribution in [0.2, 0.25) is 5.02 Å². The van der Waals surface area contributed by atoms with E-state index in [4.69, 9.17) is 21.1 Å². The van der Waals surface area contributed by atoms with E-state index in [-0.39, 0.29) is 12.5 Å². The summed E-state index contributed by atoms with van der Waals surface area (Å²) in [5.41, 5.74) is 5.28. The third-order valence-electron chi connectivity index (χ3n) is 5.70. The van der Waals surface area contributed by atoms with E-state index in [2.05, 4.69) is 18.2 Å². The third kappa shape index (κ3) is 3.91. The zero-order valence-electron chi connectivity index (χ0n) is 17.0. The van der Waals surface area contributed by atoms with Crippen molar-refractivity contribution >= 4 is 28.8 Å². The Morgan fingerprint density at radius 1 is 1.06 bits per heavy atom. The summed E-state index contributed by atoms with van der Waals surface area (Å²) in [4.78, 5) is 14.7. The van der Waals surface area contributed by atoms with Gasteiger partial charge < -0.3 is 14.4 Å². The van der Waals surface area contributed by atoms with Crippen LogP contribution in [0.15, 0.2) is 72.8 Å². The molecule has 0 saturated heterocycles. The molecule has 31 heavy (non-hydrogen) atoms. The van der Waals surface area contributed by atoms with Crippen molar-refractivity contribution in [1.82, 2.24) is 0 Å². The predicted molar refractivity (Wildman–Crippen MR) is 123 cm³/mol. The molecule has 0 atom stereocenters. The quantitative estimate of drug-likeness (QED) is 0.545. The Labute approximate surface area is 186 Å². The molecule has 1 amide bonds. The average Bonchev–Trinajstić information content (AvgIpc) is 2.82. The van der Waals surface area contributed by atoms with Gasteiger partial charge in [-0.15, -0.1) is 0 Å². The summed E-state index contributed by atoms with van der Waals surface area (Å²) in [7, 11) is 0. The van der Waals surface area contributed by atoms with Crippen molar-refractivity contribution in [3.8, 4) is 11.5 Å². The van der Waals surface area contributed by atoms with Gasteiger partial charge in [0.2, 0.25) is 0 Å². The number of ether oxygens (including phenoxy) is 2. The first kappa shape index (κ1) is 19.7. The molecule has 3 aromatic carbocycles. The monoisotopic (exact) mass is 431 g/mol. The fraction of sp³-hybridized carbons (Fsp3) is 0.192. The molecule has 0 aliphatic carbocycles. The molecule has 0 aromatic heterocycles. The van der Waals surface area contributed by atoms with E-state index in [9.17, 15) is 4.79 Å². The van der Waals surface area contributed by atoms with Gasteiger partial charge in [-0.1, -0.05) is 60.1 Å². The lowest BCUT2D eigenvalue weighted by Crippen LogP contribution is -2.38. The second kappa shape index (κ2) is 8.48. The summed E-state index contributed by atoms with van der Waals surface area (Å²) in [5.74, 6) is 1.08. The summed E-state index contributed by atoms with van der Waals surface area (Å²) in [6, 6.07) is 21.8. The maximum atomic E-state index is 12.9.